The third kappa shape index (κ3) is 5.44. The summed E-state index contributed by atoms with van der Waals surface area (Å²) in [5.41, 5.74) is 0.459. The highest BCUT2D eigenvalue weighted by Gasteiger charge is 2.27. The normalized spacial score (nSPS) is 15.2. The summed E-state index contributed by atoms with van der Waals surface area (Å²) >= 11 is 6.21. The van der Waals surface area contributed by atoms with E-state index in [0.717, 1.165) is 25.7 Å². The fourth-order valence-corrected chi connectivity index (χ4v) is 5.19. The Morgan fingerprint density at radius 3 is 2.39 bits per heavy atom. The van der Waals surface area contributed by atoms with Crippen LogP contribution in [-0.4, -0.2) is 44.3 Å². The number of hydrogen-bond acceptors (Lipinski definition) is 5. The molecule has 0 aliphatic carbocycles. The molecular formula is C22H25ClN2O5S. The molecule has 166 valence electrons. The van der Waals surface area contributed by atoms with E-state index in [-0.39, 0.29) is 33.3 Å². The molecule has 0 spiro atoms. The van der Waals surface area contributed by atoms with Gasteiger partial charge in [0.2, 0.25) is 10.0 Å². The maximum absolute atomic E-state index is 13.1. The fraction of sp³-hybridized carbons (Fsp3) is 0.364. The Kier molecular flexibility index (Phi) is 7.69. The number of ether oxygens (including phenoxy) is 1. The van der Waals surface area contributed by atoms with Crippen molar-refractivity contribution in [3.63, 3.8) is 0 Å². The zero-order valence-electron chi connectivity index (χ0n) is 17.3. The highest BCUT2D eigenvalue weighted by atomic mass is 35.5. The highest BCUT2D eigenvalue weighted by molar-refractivity contribution is 7.89. The number of hydrogen-bond donors (Lipinski definition) is 1. The quantitative estimate of drug-likeness (QED) is 0.642. The van der Waals surface area contributed by atoms with Crippen molar-refractivity contribution in [2.45, 2.75) is 37.5 Å². The first kappa shape index (κ1) is 23.2. The standard InChI is InChI=1S/C22H25ClN2O5S/c1-2-30-22(27)17-9-5-6-10-20(17)24-21(26)18-15-16(11-12-19(18)23)31(28,29)25-13-7-3-4-8-14-25/h5-6,9-12,15H,2-4,7-8,13-14H2,1H3,(H,24,26). The Morgan fingerprint density at radius 1 is 1.03 bits per heavy atom. The summed E-state index contributed by atoms with van der Waals surface area (Å²) in [4.78, 5) is 25.1. The van der Waals surface area contributed by atoms with Crippen LogP contribution in [0.4, 0.5) is 5.69 Å². The van der Waals surface area contributed by atoms with Crippen LogP contribution in [0, 0.1) is 0 Å². The summed E-state index contributed by atoms with van der Waals surface area (Å²) in [6.07, 6.45) is 3.62. The number of benzene rings is 2. The molecule has 1 amide bonds. The van der Waals surface area contributed by atoms with Gasteiger partial charge in [0.1, 0.15) is 0 Å². The minimum atomic E-state index is -3.74. The molecule has 1 aliphatic heterocycles. The second-order valence-corrected chi connectivity index (χ2v) is 9.53. The third-order valence-electron chi connectivity index (χ3n) is 5.06. The van der Waals surface area contributed by atoms with Gasteiger partial charge in [-0.15, -0.1) is 0 Å². The average molecular weight is 465 g/mol. The van der Waals surface area contributed by atoms with Crippen LogP contribution in [-0.2, 0) is 14.8 Å². The van der Waals surface area contributed by atoms with Crippen LogP contribution in [0.15, 0.2) is 47.4 Å². The van der Waals surface area contributed by atoms with E-state index >= 15 is 0 Å². The molecule has 3 rings (SSSR count). The summed E-state index contributed by atoms with van der Waals surface area (Å²) in [6, 6.07) is 10.5. The Balaban J connectivity index is 1.89. The monoisotopic (exact) mass is 464 g/mol. The van der Waals surface area contributed by atoms with Crippen LogP contribution in [0.25, 0.3) is 0 Å². The second-order valence-electron chi connectivity index (χ2n) is 7.18. The van der Waals surface area contributed by atoms with Gasteiger partial charge in [0.15, 0.2) is 0 Å². The number of carbonyl (C=O) groups is 2. The second kappa shape index (κ2) is 10.3. The van der Waals surface area contributed by atoms with Crippen molar-refractivity contribution in [3.8, 4) is 0 Å². The molecular weight excluding hydrogens is 440 g/mol. The van der Waals surface area contributed by atoms with E-state index in [0.29, 0.717) is 13.1 Å². The van der Waals surface area contributed by atoms with E-state index < -0.39 is 21.9 Å². The van der Waals surface area contributed by atoms with Crippen LogP contribution in [0.3, 0.4) is 0 Å². The molecule has 1 fully saturated rings. The lowest BCUT2D eigenvalue weighted by Crippen LogP contribution is -2.32. The summed E-state index contributed by atoms with van der Waals surface area (Å²) in [5.74, 6) is -1.18. The van der Waals surface area contributed by atoms with E-state index in [4.69, 9.17) is 16.3 Å². The van der Waals surface area contributed by atoms with Crippen molar-refractivity contribution in [2.75, 3.05) is 25.0 Å². The maximum Gasteiger partial charge on any atom is 0.340 e. The maximum atomic E-state index is 13.1. The number of anilines is 1. The first-order valence-corrected chi connectivity index (χ1v) is 12.0. The van der Waals surface area contributed by atoms with Crippen LogP contribution in [0.1, 0.15) is 53.3 Å². The van der Waals surface area contributed by atoms with Gasteiger partial charge in [0.25, 0.3) is 5.91 Å². The lowest BCUT2D eigenvalue weighted by Gasteiger charge is -2.20. The first-order valence-electron chi connectivity index (χ1n) is 10.2. The Morgan fingerprint density at radius 2 is 1.71 bits per heavy atom. The summed E-state index contributed by atoms with van der Waals surface area (Å²) < 4.78 is 32.7. The van der Waals surface area contributed by atoms with E-state index in [1.165, 1.54) is 28.6 Å². The lowest BCUT2D eigenvalue weighted by molar-refractivity contribution is 0.0527. The number of nitrogens with one attached hydrogen (secondary N) is 1. The van der Waals surface area contributed by atoms with Gasteiger partial charge >= 0.3 is 5.97 Å². The van der Waals surface area contributed by atoms with Gasteiger partial charge in [-0.1, -0.05) is 36.6 Å². The number of sulfonamides is 1. The number of para-hydroxylation sites is 1. The van der Waals surface area contributed by atoms with Gasteiger partial charge in [-0.3, -0.25) is 4.79 Å². The molecule has 1 saturated heterocycles. The van der Waals surface area contributed by atoms with Gasteiger partial charge in [-0.25, -0.2) is 13.2 Å². The minimum Gasteiger partial charge on any atom is -0.462 e. The summed E-state index contributed by atoms with van der Waals surface area (Å²) in [7, 11) is -3.74. The fourth-order valence-electron chi connectivity index (χ4n) is 3.44. The SMILES string of the molecule is CCOC(=O)c1ccccc1NC(=O)c1cc(S(=O)(=O)N2CCCCCC2)ccc1Cl. The van der Waals surface area contributed by atoms with Crippen molar-refractivity contribution < 1.29 is 22.7 Å². The molecule has 7 nitrogen and oxygen atoms in total. The zero-order chi connectivity index (χ0) is 22.4. The number of nitrogens with zero attached hydrogens (tertiary/aromatic N) is 1. The van der Waals surface area contributed by atoms with Crippen molar-refractivity contribution >= 4 is 39.2 Å². The predicted molar refractivity (Wildman–Crippen MR) is 119 cm³/mol. The molecule has 0 unspecified atom stereocenters. The average Bonchev–Trinajstić information content (AvgIpc) is 3.04. The third-order valence-corrected chi connectivity index (χ3v) is 7.28. The molecule has 9 heteroatoms. The largest absolute Gasteiger partial charge is 0.462 e. The molecule has 31 heavy (non-hydrogen) atoms. The summed E-state index contributed by atoms with van der Waals surface area (Å²) in [5, 5.41) is 2.75. The lowest BCUT2D eigenvalue weighted by atomic mass is 10.1. The van der Waals surface area contributed by atoms with Crippen LogP contribution >= 0.6 is 11.6 Å². The number of halogens is 1. The minimum absolute atomic E-state index is 0.0104. The van der Waals surface area contributed by atoms with E-state index in [1.54, 1.807) is 25.1 Å². The Labute approximate surface area is 187 Å². The Bertz CT molecular complexity index is 1060. The van der Waals surface area contributed by atoms with Gasteiger partial charge < -0.3 is 10.1 Å². The van der Waals surface area contributed by atoms with E-state index in [1.807, 2.05) is 0 Å². The van der Waals surface area contributed by atoms with Crippen molar-refractivity contribution in [3.05, 3.63) is 58.6 Å². The molecule has 1 aliphatic rings. The number of rotatable bonds is 6. The first-order chi connectivity index (χ1) is 14.8. The van der Waals surface area contributed by atoms with Crippen molar-refractivity contribution in [1.29, 1.82) is 0 Å². The molecule has 0 radical (unpaired) electrons. The van der Waals surface area contributed by atoms with Crippen molar-refractivity contribution in [2.24, 2.45) is 0 Å². The van der Waals surface area contributed by atoms with Crippen LogP contribution in [0.2, 0.25) is 5.02 Å². The van der Waals surface area contributed by atoms with Crippen molar-refractivity contribution in [1.82, 2.24) is 4.31 Å². The van der Waals surface area contributed by atoms with Gasteiger partial charge in [0.05, 0.1) is 33.3 Å². The topological polar surface area (TPSA) is 92.8 Å². The van der Waals surface area contributed by atoms with Gasteiger partial charge in [-0.05, 0) is 50.1 Å². The highest BCUT2D eigenvalue weighted by Crippen LogP contribution is 2.26. The number of amides is 1. The van der Waals surface area contributed by atoms with Crippen LogP contribution < -0.4 is 5.32 Å². The van der Waals surface area contributed by atoms with E-state index in [2.05, 4.69) is 5.32 Å². The molecule has 0 atom stereocenters. The predicted octanol–water partition coefficient (Wildman–Crippen LogP) is 4.33. The number of carbonyl (C=O) groups excluding carboxylic acids is 2. The molecule has 0 bridgehead atoms. The van der Waals surface area contributed by atoms with Gasteiger partial charge in [-0.2, -0.15) is 4.31 Å². The zero-order valence-corrected chi connectivity index (χ0v) is 18.8. The smallest absolute Gasteiger partial charge is 0.340 e. The molecule has 1 heterocycles. The van der Waals surface area contributed by atoms with Crippen LogP contribution in [0.5, 0.6) is 0 Å². The Hall–Kier alpha value is -2.42. The summed E-state index contributed by atoms with van der Waals surface area (Å²) in [6.45, 7) is 2.80. The molecule has 1 N–H and O–H groups in total. The molecule has 0 aromatic heterocycles. The molecule has 0 saturated carbocycles. The van der Waals surface area contributed by atoms with Gasteiger partial charge in [0, 0.05) is 13.1 Å². The van der Waals surface area contributed by atoms with E-state index in [9.17, 15) is 18.0 Å². The molecule has 2 aromatic rings. The number of esters is 1. The molecule has 2 aromatic carbocycles.